The molecule has 0 fully saturated rings. The minimum Gasteiger partial charge on any atom is -0.755 e. The van der Waals surface area contributed by atoms with E-state index in [1.807, 2.05) is 0 Å². The van der Waals surface area contributed by atoms with E-state index in [-0.39, 0.29) is 0 Å². The summed E-state index contributed by atoms with van der Waals surface area (Å²) in [5, 5.41) is 0. The maximum absolute atomic E-state index is 10.3. The average Bonchev–Trinajstić information content (AvgIpc) is 2.04. The van der Waals surface area contributed by atoms with Crippen molar-refractivity contribution in [3.63, 3.8) is 0 Å². The van der Waals surface area contributed by atoms with Crippen LogP contribution in [0.25, 0.3) is 5.70 Å². The highest BCUT2D eigenvalue weighted by Crippen LogP contribution is 2.11. The highest BCUT2D eigenvalue weighted by Gasteiger charge is 1.96. The normalized spacial score (nSPS) is 12.1. The Morgan fingerprint density at radius 3 is 2.46 bits per heavy atom. The lowest BCUT2D eigenvalue weighted by Gasteiger charge is -2.11. The number of rotatable bonds is 3. The fourth-order valence-corrected chi connectivity index (χ4v) is 1.16. The van der Waals surface area contributed by atoms with Crippen LogP contribution in [0.4, 0.5) is 5.69 Å². The quantitative estimate of drug-likeness (QED) is 0.551. The Morgan fingerprint density at radius 1 is 1.46 bits per heavy atom. The Balaban J connectivity index is 2.78. The van der Waals surface area contributed by atoms with Crippen molar-refractivity contribution in [1.29, 1.82) is 0 Å². The van der Waals surface area contributed by atoms with Crippen molar-refractivity contribution in [3.8, 4) is 0 Å². The first-order chi connectivity index (χ1) is 6.09. The van der Waals surface area contributed by atoms with E-state index in [9.17, 15) is 8.76 Å². The number of nitrogens with two attached hydrogens (primary N) is 1. The first-order valence-electron chi connectivity index (χ1n) is 3.50. The Bertz CT molecular complexity index is 335. The molecule has 1 aromatic carbocycles. The van der Waals surface area contributed by atoms with Crippen LogP contribution in [0.2, 0.25) is 0 Å². The lowest BCUT2D eigenvalue weighted by Crippen LogP contribution is -2.13. The summed E-state index contributed by atoms with van der Waals surface area (Å²) in [6, 6.07) is 6.74. The van der Waals surface area contributed by atoms with Crippen LogP contribution in [-0.2, 0) is 11.3 Å². The molecule has 3 N–H and O–H groups in total. The van der Waals surface area contributed by atoms with Gasteiger partial charge in [-0.2, -0.15) is 0 Å². The van der Waals surface area contributed by atoms with E-state index < -0.39 is 11.3 Å². The summed E-state index contributed by atoms with van der Waals surface area (Å²) >= 11 is -2.33. The maximum atomic E-state index is 10.3. The molecule has 0 aliphatic rings. The van der Waals surface area contributed by atoms with Crippen molar-refractivity contribution in [3.05, 3.63) is 36.4 Å². The molecule has 70 valence electrons. The summed E-state index contributed by atoms with van der Waals surface area (Å²) < 4.78 is 22.7. The predicted molar refractivity (Wildman–Crippen MR) is 51.9 cm³/mol. The van der Waals surface area contributed by atoms with Gasteiger partial charge in [-0.25, -0.2) is 0 Å². The first kappa shape index (κ1) is 9.76. The minimum absolute atomic E-state index is 0.327. The molecular formula is C8H9N2O2S-. The zero-order valence-corrected chi connectivity index (χ0v) is 7.64. The van der Waals surface area contributed by atoms with E-state index in [1.54, 1.807) is 24.3 Å². The summed E-state index contributed by atoms with van der Waals surface area (Å²) in [6.45, 7) is 3.55. The SMILES string of the molecule is C=C(NS(=O)[O-])c1ccc(N)cc1. The van der Waals surface area contributed by atoms with Gasteiger partial charge in [0.25, 0.3) is 0 Å². The highest BCUT2D eigenvalue weighted by atomic mass is 32.2. The van der Waals surface area contributed by atoms with Gasteiger partial charge in [0.15, 0.2) is 0 Å². The molecule has 0 saturated carbocycles. The monoisotopic (exact) mass is 197 g/mol. The van der Waals surface area contributed by atoms with Gasteiger partial charge in [-0.1, -0.05) is 18.7 Å². The van der Waals surface area contributed by atoms with Crippen molar-refractivity contribution in [2.24, 2.45) is 0 Å². The van der Waals surface area contributed by atoms with Gasteiger partial charge in [-0.3, -0.25) is 4.21 Å². The van der Waals surface area contributed by atoms with Crippen molar-refractivity contribution >= 4 is 22.7 Å². The third-order valence-corrected chi connectivity index (χ3v) is 1.88. The fourth-order valence-electron chi connectivity index (χ4n) is 0.844. The Morgan fingerprint density at radius 2 is 2.00 bits per heavy atom. The number of hydrogen-bond donors (Lipinski definition) is 2. The van der Waals surface area contributed by atoms with Gasteiger partial charge in [0.2, 0.25) is 0 Å². The van der Waals surface area contributed by atoms with Crippen molar-refractivity contribution in [2.45, 2.75) is 0 Å². The second-order valence-electron chi connectivity index (χ2n) is 2.44. The van der Waals surface area contributed by atoms with Crippen molar-refractivity contribution in [2.75, 3.05) is 5.73 Å². The second kappa shape index (κ2) is 4.06. The minimum atomic E-state index is -2.33. The van der Waals surface area contributed by atoms with Crippen LogP contribution in [0, 0.1) is 0 Å². The molecule has 0 radical (unpaired) electrons. The lowest BCUT2D eigenvalue weighted by atomic mass is 10.2. The zero-order valence-electron chi connectivity index (χ0n) is 6.82. The molecule has 5 heteroatoms. The van der Waals surface area contributed by atoms with E-state index in [0.717, 1.165) is 0 Å². The molecule has 0 aliphatic carbocycles. The van der Waals surface area contributed by atoms with Crippen LogP contribution in [0.5, 0.6) is 0 Å². The van der Waals surface area contributed by atoms with Gasteiger partial charge >= 0.3 is 0 Å². The molecule has 0 aromatic heterocycles. The average molecular weight is 197 g/mol. The summed E-state index contributed by atoms with van der Waals surface area (Å²) in [5.74, 6) is 0. The number of nitrogen functional groups attached to an aromatic ring is 1. The van der Waals surface area contributed by atoms with E-state index in [2.05, 4.69) is 11.3 Å². The smallest absolute Gasteiger partial charge is 0.0453 e. The van der Waals surface area contributed by atoms with Gasteiger partial charge in [0.1, 0.15) is 0 Å². The Kier molecular flexibility index (Phi) is 3.05. The van der Waals surface area contributed by atoms with Crippen LogP contribution < -0.4 is 10.5 Å². The molecule has 13 heavy (non-hydrogen) atoms. The molecule has 1 rings (SSSR count). The topological polar surface area (TPSA) is 78.2 Å². The molecule has 1 unspecified atom stereocenters. The Hall–Kier alpha value is -1.33. The zero-order chi connectivity index (χ0) is 9.84. The summed E-state index contributed by atoms with van der Waals surface area (Å²) in [6.07, 6.45) is 0. The van der Waals surface area contributed by atoms with Crippen LogP contribution in [-0.4, -0.2) is 8.76 Å². The molecule has 1 aromatic rings. The number of hydrogen-bond acceptors (Lipinski definition) is 3. The standard InChI is InChI=1S/C8H10N2O2S/c1-6(10-13(11)12)7-2-4-8(9)5-3-7/h2-5,10H,1,9H2,(H,11,12)/p-1. The molecule has 0 heterocycles. The van der Waals surface area contributed by atoms with Gasteiger partial charge in [-0.15, -0.1) is 0 Å². The molecular weight excluding hydrogens is 188 g/mol. The number of benzene rings is 1. The largest absolute Gasteiger partial charge is 0.755 e. The molecule has 1 atom stereocenters. The molecule has 4 nitrogen and oxygen atoms in total. The molecule has 0 saturated heterocycles. The Labute approximate surface area is 78.9 Å². The molecule has 0 spiro atoms. The third-order valence-electron chi connectivity index (χ3n) is 1.47. The van der Waals surface area contributed by atoms with Gasteiger partial charge in [0.05, 0.1) is 0 Å². The van der Waals surface area contributed by atoms with E-state index >= 15 is 0 Å². The van der Waals surface area contributed by atoms with E-state index in [4.69, 9.17) is 5.73 Å². The predicted octanol–water partition coefficient (Wildman–Crippen LogP) is 0.623. The summed E-state index contributed by atoms with van der Waals surface area (Å²) in [5.41, 5.74) is 7.10. The van der Waals surface area contributed by atoms with Crippen LogP contribution >= 0.6 is 0 Å². The van der Waals surface area contributed by atoms with Gasteiger partial charge < -0.3 is 15.0 Å². The van der Waals surface area contributed by atoms with Crippen LogP contribution in [0.15, 0.2) is 30.8 Å². The van der Waals surface area contributed by atoms with Crippen LogP contribution in [0.3, 0.4) is 0 Å². The lowest BCUT2D eigenvalue weighted by molar-refractivity contribution is 0.532. The second-order valence-corrected chi connectivity index (χ2v) is 3.11. The fraction of sp³-hybridized carbons (Fsp3) is 0. The molecule has 0 amide bonds. The molecule has 0 bridgehead atoms. The molecule has 0 aliphatic heterocycles. The summed E-state index contributed by atoms with van der Waals surface area (Å²) in [7, 11) is 0. The first-order valence-corrected chi connectivity index (χ1v) is 4.58. The summed E-state index contributed by atoms with van der Waals surface area (Å²) in [4.78, 5) is 0. The van der Waals surface area contributed by atoms with Crippen LogP contribution in [0.1, 0.15) is 5.56 Å². The van der Waals surface area contributed by atoms with Gasteiger partial charge in [-0.05, 0) is 17.7 Å². The maximum Gasteiger partial charge on any atom is 0.0453 e. The number of anilines is 1. The van der Waals surface area contributed by atoms with Crippen molar-refractivity contribution < 1.29 is 8.76 Å². The van der Waals surface area contributed by atoms with Gasteiger partial charge in [0, 0.05) is 22.7 Å². The highest BCUT2D eigenvalue weighted by molar-refractivity contribution is 7.77. The third kappa shape index (κ3) is 2.89. The van der Waals surface area contributed by atoms with E-state index in [0.29, 0.717) is 16.9 Å². The number of nitrogens with one attached hydrogen (secondary N) is 1. The van der Waals surface area contributed by atoms with Crippen molar-refractivity contribution in [1.82, 2.24) is 4.72 Å². The van der Waals surface area contributed by atoms with E-state index in [1.165, 1.54) is 0 Å².